The van der Waals surface area contributed by atoms with Crippen LogP contribution in [-0.4, -0.2) is 51.5 Å². The molecule has 3 aromatic carbocycles. The molecular formula is C29H36N4O8S. The predicted octanol–water partition coefficient (Wildman–Crippen LogP) is 4.00. The normalized spacial score (nSPS) is 11.4. The number of hydrogen-bond acceptors (Lipinski definition) is 9. The average molecular weight is 601 g/mol. The number of benzene rings is 3. The molecule has 0 bridgehead atoms. The maximum absolute atomic E-state index is 13.6. The molecule has 0 fully saturated rings. The van der Waals surface area contributed by atoms with E-state index in [1.165, 1.54) is 41.6 Å². The fourth-order valence-electron chi connectivity index (χ4n) is 4.27. The van der Waals surface area contributed by atoms with E-state index in [4.69, 9.17) is 29.4 Å². The third-order valence-corrected chi connectivity index (χ3v) is 7.82. The summed E-state index contributed by atoms with van der Waals surface area (Å²) in [6.45, 7) is 3.37. The molecule has 4 aromatic rings. The molecule has 42 heavy (non-hydrogen) atoms. The number of anilines is 1. The van der Waals surface area contributed by atoms with Crippen LogP contribution in [0.2, 0.25) is 0 Å². The highest BCUT2D eigenvalue weighted by molar-refractivity contribution is 7.92. The van der Waals surface area contributed by atoms with Crippen molar-refractivity contribution in [3.63, 3.8) is 0 Å². The summed E-state index contributed by atoms with van der Waals surface area (Å²) < 4.78 is 61.1. The highest BCUT2D eigenvalue weighted by Crippen LogP contribution is 2.38. The van der Waals surface area contributed by atoms with Crippen LogP contribution in [0, 0.1) is 0 Å². The predicted molar refractivity (Wildman–Crippen MR) is 160 cm³/mol. The van der Waals surface area contributed by atoms with E-state index < -0.39 is 10.0 Å². The lowest BCUT2D eigenvalue weighted by Gasteiger charge is -2.17. The molecule has 0 aliphatic heterocycles. The molecular weight excluding hydrogens is 564 g/mol. The Hall–Kier alpha value is -4.36. The molecule has 13 heteroatoms. The van der Waals surface area contributed by atoms with Gasteiger partial charge in [-0.2, -0.15) is 0 Å². The van der Waals surface area contributed by atoms with Gasteiger partial charge in [0.2, 0.25) is 0 Å². The van der Waals surface area contributed by atoms with E-state index in [-0.39, 0.29) is 27.8 Å². The zero-order valence-electron chi connectivity index (χ0n) is 24.3. The number of aromatic nitrogens is 2. The first-order valence-corrected chi connectivity index (χ1v) is 14.8. The van der Waals surface area contributed by atoms with Crippen LogP contribution in [0.3, 0.4) is 0 Å². The third kappa shape index (κ3) is 6.58. The summed E-state index contributed by atoms with van der Waals surface area (Å²) in [5.41, 5.74) is 6.49. The first-order chi connectivity index (χ1) is 20.1. The van der Waals surface area contributed by atoms with Crippen LogP contribution in [0.4, 0.5) is 5.69 Å². The number of fused-ring (bicyclic) bond motifs is 1. The van der Waals surface area contributed by atoms with Crippen LogP contribution in [0.25, 0.3) is 11.0 Å². The van der Waals surface area contributed by atoms with Crippen molar-refractivity contribution in [3.8, 4) is 34.5 Å². The van der Waals surface area contributed by atoms with Crippen molar-refractivity contribution in [2.24, 2.45) is 19.8 Å². The minimum atomic E-state index is -4.13. The summed E-state index contributed by atoms with van der Waals surface area (Å²) in [7, 11) is 1.99. The van der Waals surface area contributed by atoms with Crippen LogP contribution < -0.4 is 39.8 Å². The summed E-state index contributed by atoms with van der Waals surface area (Å²) in [6.07, 6.45) is 1.46. The highest BCUT2D eigenvalue weighted by Gasteiger charge is 2.22. The van der Waals surface area contributed by atoms with E-state index in [9.17, 15) is 13.2 Å². The Kier molecular flexibility index (Phi) is 9.53. The van der Waals surface area contributed by atoms with Crippen molar-refractivity contribution >= 4 is 26.7 Å². The van der Waals surface area contributed by atoms with Crippen LogP contribution in [0.5, 0.6) is 34.5 Å². The van der Waals surface area contributed by atoms with E-state index in [1.807, 2.05) is 6.92 Å². The fourth-order valence-corrected chi connectivity index (χ4v) is 5.35. The van der Waals surface area contributed by atoms with Crippen LogP contribution >= 0.6 is 0 Å². The summed E-state index contributed by atoms with van der Waals surface area (Å²) in [6, 6.07) is 12.5. The van der Waals surface area contributed by atoms with E-state index in [0.29, 0.717) is 60.2 Å². The number of hydrogen-bond donors (Lipinski definition) is 2. The maximum atomic E-state index is 13.6. The van der Waals surface area contributed by atoms with E-state index in [1.54, 1.807) is 44.4 Å². The van der Waals surface area contributed by atoms with Gasteiger partial charge in [0.1, 0.15) is 17.2 Å². The molecule has 0 saturated carbocycles. The Labute approximate surface area is 244 Å². The van der Waals surface area contributed by atoms with Gasteiger partial charge in [-0.15, -0.1) is 0 Å². The molecule has 0 amide bonds. The van der Waals surface area contributed by atoms with Gasteiger partial charge in [-0.05, 0) is 37.6 Å². The summed E-state index contributed by atoms with van der Waals surface area (Å²) in [5, 5.41) is 0. The lowest BCUT2D eigenvalue weighted by atomic mass is 10.2. The van der Waals surface area contributed by atoms with Gasteiger partial charge in [0.05, 0.1) is 49.0 Å². The van der Waals surface area contributed by atoms with E-state index in [0.717, 1.165) is 6.42 Å². The quantitative estimate of drug-likeness (QED) is 0.205. The number of nitrogens with one attached hydrogen (secondary N) is 1. The molecule has 3 N–H and O–H groups in total. The van der Waals surface area contributed by atoms with Crippen molar-refractivity contribution < 1.29 is 32.1 Å². The number of sulfonamides is 1. The lowest BCUT2D eigenvalue weighted by molar-refractivity contribution is 0.297. The Morgan fingerprint density at radius 2 is 1.43 bits per heavy atom. The average Bonchev–Trinajstić information content (AvgIpc) is 3.18. The summed E-state index contributed by atoms with van der Waals surface area (Å²) in [4.78, 5) is 12.6. The van der Waals surface area contributed by atoms with Gasteiger partial charge >= 0.3 is 5.69 Å². The van der Waals surface area contributed by atoms with Gasteiger partial charge in [0, 0.05) is 44.4 Å². The number of methoxy groups -OCH3 is 2. The Balaban J connectivity index is 1.80. The number of ether oxygens (including phenoxy) is 5. The van der Waals surface area contributed by atoms with Crippen molar-refractivity contribution in [1.29, 1.82) is 0 Å². The molecule has 226 valence electrons. The minimum Gasteiger partial charge on any atom is -0.493 e. The minimum absolute atomic E-state index is 0.0568. The topological polar surface area (TPSA) is 145 Å². The zero-order chi connectivity index (χ0) is 30.4. The molecule has 0 aliphatic rings. The van der Waals surface area contributed by atoms with Gasteiger partial charge < -0.3 is 29.4 Å². The third-order valence-electron chi connectivity index (χ3n) is 6.45. The smallest absolute Gasteiger partial charge is 0.328 e. The standard InChI is InChI=1S/C29H36N4O8S/c1-6-11-39-19-13-20(40-12-7-10-30)15-21(14-19)41-27-18-25-24(32(2)29(34)33(25)3)17-23(27)31-42(35,36)22-8-9-26(37-4)28(16-22)38-5/h8-9,13-18,31H,6-7,10-12,30H2,1-5H3. The first kappa shape index (κ1) is 30.6. The zero-order valence-corrected chi connectivity index (χ0v) is 25.1. The van der Waals surface area contributed by atoms with E-state index in [2.05, 4.69) is 4.72 Å². The number of nitrogens with zero attached hydrogens (tertiary/aromatic N) is 2. The summed E-state index contributed by atoms with van der Waals surface area (Å²) >= 11 is 0. The molecule has 0 spiro atoms. The molecule has 1 aromatic heterocycles. The molecule has 12 nitrogen and oxygen atoms in total. The number of rotatable bonds is 14. The van der Waals surface area contributed by atoms with Gasteiger partial charge in [0.25, 0.3) is 10.0 Å². The largest absolute Gasteiger partial charge is 0.493 e. The lowest BCUT2D eigenvalue weighted by Crippen LogP contribution is -2.19. The second kappa shape index (κ2) is 13.1. The molecule has 4 rings (SSSR count). The van der Waals surface area contributed by atoms with Gasteiger partial charge in [-0.25, -0.2) is 13.2 Å². The fraction of sp³-hybridized carbons (Fsp3) is 0.345. The maximum Gasteiger partial charge on any atom is 0.328 e. The Morgan fingerprint density at radius 1 is 0.810 bits per heavy atom. The van der Waals surface area contributed by atoms with Crippen molar-refractivity contribution in [2.45, 2.75) is 24.7 Å². The van der Waals surface area contributed by atoms with Gasteiger partial charge in [-0.3, -0.25) is 13.9 Å². The van der Waals surface area contributed by atoms with Crippen LogP contribution in [0.15, 0.2) is 58.2 Å². The molecule has 0 unspecified atom stereocenters. The summed E-state index contributed by atoms with van der Waals surface area (Å²) in [5.74, 6) is 2.18. The number of nitrogens with two attached hydrogens (primary N) is 1. The van der Waals surface area contributed by atoms with Gasteiger partial charge in [0.15, 0.2) is 17.2 Å². The second-order valence-electron chi connectivity index (χ2n) is 9.44. The first-order valence-electron chi connectivity index (χ1n) is 13.3. The SMILES string of the molecule is CCCOc1cc(OCCCN)cc(Oc2cc3c(cc2NS(=O)(=O)c2ccc(OC)c(OC)c2)n(C)c(=O)n3C)c1. The van der Waals surface area contributed by atoms with Crippen molar-refractivity contribution in [1.82, 2.24) is 9.13 Å². The van der Waals surface area contributed by atoms with Crippen LogP contribution in [0.1, 0.15) is 19.8 Å². The van der Waals surface area contributed by atoms with Crippen molar-refractivity contribution in [2.75, 3.05) is 38.7 Å². The number of imidazole rings is 1. The van der Waals surface area contributed by atoms with Gasteiger partial charge in [-0.1, -0.05) is 6.92 Å². The highest BCUT2D eigenvalue weighted by atomic mass is 32.2. The van der Waals surface area contributed by atoms with Crippen molar-refractivity contribution in [3.05, 3.63) is 59.0 Å². The van der Waals surface area contributed by atoms with E-state index >= 15 is 0 Å². The second-order valence-corrected chi connectivity index (χ2v) is 11.1. The molecule has 1 heterocycles. The molecule has 0 saturated heterocycles. The Bertz CT molecular complexity index is 1730. The van der Waals surface area contributed by atoms with Crippen LogP contribution in [-0.2, 0) is 24.1 Å². The Morgan fingerprint density at radius 3 is 2.05 bits per heavy atom. The molecule has 0 aliphatic carbocycles. The monoisotopic (exact) mass is 600 g/mol. The number of aryl methyl sites for hydroxylation is 2. The molecule has 0 atom stereocenters. The molecule has 0 radical (unpaired) electrons.